The predicted octanol–water partition coefficient (Wildman–Crippen LogP) is 4.57. The fourth-order valence-corrected chi connectivity index (χ4v) is 2.15. The average Bonchev–Trinajstić information content (AvgIpc) is 1.98. The minimum Gasteiger partial charge on any atom is -0.205 e. The van der Waals surface area contributed by atoms with Crippen LogP contribution in [-0.2, 0) is 5.41 Å². The minimum absolute atomic E-state index is 0.107. The molecular weight excluding hydrogens is 229 g/mol. The van der Waals surface area contributed by atoms with Gasteiger partial charge in [-0.05, 0) is 5.41 Å². The molecule has 1 rings (SSSR count). The lowest BCUT2D eigenvalue weighted by Gasteiger charge is -2.22. The van der Waals surface area contributed by atoms with Gasteiger partial charge in [-0.2, -0.15) is 0 Å². The first-order valence-electron chi connectivity index (χ1n) is 4.08. The number of halogens is 4. The van der Waals surface area contributed by atoms with E-state index in [0.29, 0.717) is 11.6 Å². The molecule has 0 fully saturated rings. The Labute approximate surface area is 91.8 Å². The van der Waals surface area contributed by atoms with Crippen LogP contribution in [0.1, 0.15) is 26.3 Å². The molecule has 0 heterocycles. The first kappa shape index (κ1) is 11.7. The number of hydrogen-bond acceptors (Lipinski definition) is 0. The summed E-state index contributed by atoms with van der Waals surface area (Å²) in [7, 11) is 0. The normalized spacial score (nSPS) is 11.9. The Morgan fingerprint density at radius 3 is 1.64 bits per heavy atom. The van der Waals surface area contributed by atoms with Crippen molar-refractivity contribution in [3.63, 3.8) is 0 Å². The Hall–Kier alpha value is -0.340. The van der Waals surface area contributed by atoms with Crippen LogP contribution in [0.5, 0.6) is 0 Å². The van der Waals surface area contributed by atoms with Crippen LogP contribution in [0.4, 0.5) is 8.78 Å². The molecule has 0 unspecified atom stereocenters. The van der Waals surface area contributed by atoms with Crippen LogP contribution in [0, 0.1) is 11.6 Å². The molecule has 14 heavy (non-hydrogen) atoms. The molecule has 0 aliphatic rings. The summed E-state index contributed by atoms with van der Waals surface area (Å²) in [5, 5.41) is -0.215. The van der Waals surface area contributed by atoms with Crippen LogP contribution in [0.15, 0.2) is 6.07 Å². The van der Waals surface area contributed by atoms with Crippen molar-refractivity contribution in [2.45, 2.75) is 26.2 Å². The Bertz CT molecular complexity index is 341. The number of rotatable bonds is 0. The molecule has 0 radical (unpaired) electrons. The second-order valence-electron chi connectivity index (χ2n) is 4.09. The second kappa shape index (κ2) is 3.67. The molecule has 0 aliphatic heterocycles. The maximum atomic E-state index is 13.1. The predicted molar refractivity (Wildman–Crippen MR) is 55.1 cm³/mol. The van der Waals surface area contributed by atoms with E-state index in [1.54, 1.807) is 20.8 Å². The van der Waals surface area contributed by atoms with Crippen LogP contribution in [0.2, 0.25) is 10.0 Å². The highest BCUT2D eigenvalue weighted by molar-refractivity contribution is 6.36. The smallest absolute Gasteiger partial charge is 0.145 e. The van der Waals surface area contributed by atoms with E-state index in [-0.39, 0.29) is 10.0 Å². The topological polar surface area (TPSA) is 0 Å². The number of benzene rings is 1. The highest BCUT2D eigenvalue weighted by Crippen LogP contribution is 2.38. The fourth-order valence-electron chi connectivity index (χ4n) is 1.23. The van der Waals surface area contributed by atoms with E-state index < -0.39 is 17.0 Å². The van der Waals surface area contributed by atoms with Crippen molar-refractivity contribution in [3.05, 3.63) is 33.3 Å². The molecule has 0 amide bonds. The zero-order valence-electron chi connectivity index (χ0n) is 8.09. The molecule has 0 nitrogen and oxygen atoms in total. The van der Waals surface area contributed by atoms with Gasteiger partial charge in [0.2, 0.25) is 0 Å². The van der Waals surface area contributed by atoms with Gasteiger partial charge in [-0.15, -0.1) is 0 Å². The SMILES string of the molecule is CC(C)(C)c1c(Cl)c(F)cc(F)c1Cl. The van der Waals surface area contributed by atoms with Crippen molar-refractivity contribution in [3.8, 4) is 0 Å². The van der Waals surface area contributed by atoms with Crippen LogP contribution in [-0.4, -0.2) is 0 Å². The van der Waals surface area contributed by atoms with Gasteiger partial charge in [0.25, 0.3) is 0 Å². The van der Waals surface area contributed by atoms with Gasteiger partial charge in [0, 0.05) is 11.6 Å². The zero-order valence-corrected chi connectivity index (χ0v) is 9.60. The van der Waals surface area contributed by atoms with Crippen LogP contribution >= 0.6 is 23.2 Å². The molecule has 0 spiro atoms. The van der Waals surface area contributed by atoms with Gasteiger partial charge in [0.05, 0.1) is 10.0 Å². The monoisotopic (exact) mass is 238 g/mol. The average molecular weight is 239 g/mol. The van der Waals surface area contributed by atoms with Gasteiger partial charge < -0.3 is 0 Å². The molecule has 0 saturated carbocycles. The lowest BCUT2D eigenvalue weighted by Crippen LogP contribution is -2.14. The van der Waals surface area contributed by atoms with Crippen LogP contribution in [0.25, 0.3) is 0 Å². The number of hydrogen-bond donors (Lipinski definition) is 0. The maximum Gasteiger partial charge on any atom is 0.145 e. The largest absolute Gasteiger partial charge is 0.205 e. The Morgan fingerprint density at radius 1 is 1.00 bits per heavy atom. The second-order valence-corrected chi connectivity index (χ2v) is 4.85. The molecule has 0 aliphatic carbocycles. The molecule has 4 heteroatoms. The minimum atomic E-state index is -0.779. The van der Waals surface area contributed by atoms with Crippen molar-refractivity contribution in [1.29, 1.82) is 0 Å². The summed E-state index contributed by atoms with van der Waals surface area (Å²) in [5.41, 5.74) is -0.185. The van der Waals surface area contributed by atoms with Gasteiger partial charge >= 0.3 is 0 Å². The Morgan fingerprint density at radius 2 is 1.36 bits per heavy atom. The van der Waals surface area contributed by atoms with Crippen molar-refractivity contribution < 1.29 is 8.78 Å². The van der Waals surface area contributed by atoms with Crippen molar-refractivity contribution in [2.24, 2.45) is 0 Å². The van der Waals surface area contributed by atoms with E-state index in [0.717, 1.165) is 0 Å². The molecule has 78 valence electrons. The van der Waals surface area contributed by atoms with Gasteiger partial charge in [-0.25, -0.2) is 8.78 Å². The van der Waals surface area contributed by atoms with E-state index in [9.17, 15) is 8.78 Å². The molecule has 0 saturated heterocycles. The molecule has 0 aromatic heterocycles. The van der Waals surface area contributed by atoms with Crippen LogP contribution < -0.4 is 0 Å². The van der Waals surface area contributed by atoms with Crippen molar-refractivity contribution >= 4 is 23.2 Å². The third-order valence-electron chi connectivity index (χ3n) is 1.86. The highest BCUT2D eigenvalue weighted by Gasteiger charge is 2.25. The molecule has 0 bridgehead atoms. The molecule has 0 atom stereocenters. The summed E-state index contributed by atoms with van der Waals surface area (Å²) in [6, 6.07) is 0.694. The summed E-state index contributed by atoms with van der Waals surface area (Å²) in [6.07, 6.45) is 0. The van der Waals surface area contributed by atoms with E-state index in [2.05, 4.69) is 0 Å². The van der Waals surface area contributed by atoms with E-state index in [1.807, 2.05) is 0 Å². The quantitative estimate of drug-likeness (QED) is 0.581. The van der Waals surface area contributed by atoms with Crippen LogP contribution in [0.3, 0.4) is 0 Å². The first-order chi connectivity index (χ1) is 6.25. The Balaban J connectivity index is 3.56. The third kappa shape index (κ3) is 2.01. The molecular formula is C10H10Cl2F2. The third-order valence-corrected chi connectivity index (χ3v) is 2.60. The highest BCUT2D eigenvalue weighted by atomic mass is 35.5. The van der Waals surface area contributed by atoms with Gasteiger partial charge in [-0.3, -0.25) is 0 Å². The zero-order chi connectivity index (χ0) is 11.1. The molecule has 1 aromatic carbocycles. The molecule has 1 aromatic rings. The molecule has 0 N–H and O–H groups in total. The summed E-state index contributed by atoms with van der Waals surface area (Å²) < 4.78 is 26.2. The summed E-state index contributed by atoms with van der Waals surface area (Å²) >= 11 is 11.5. The summed E-state index contributed by atoms with van der Waals surface area (Å²) in [4.78, 5) is 0. The standard InChI is InChI=1S/C10H10Cl2F2/c1-10(2,3)7-8(11)5(13)4-6(14)9(7)12/h4H,1-3H3. The van der Waals surface area contributed by atoms with E-state index >= 15 is 0 Å². The first-order valence-corrected chi connectivity index (χ1v) is 4.84. The summed E-state index contributed by atoms with van der Waals surface area (Å²) in [6.45, 7) is 5.37. The lowest BCUT2D eigenvalue weighted by molar-refractivity contribution is 0.546. The van der Waals surface area contributed by atoms with Crippen molar-refractivity contribution in [2.75, 3.05) is 0 Å². The summed E-state index contributed by atoms with van der Waals surface area (Å²) in [5.74, 6) is -1.56. The maximum absolute atomic E-state index is 13.1. The van der Waals surface area contributed by atoms with E-state index in [1.165, 1.54) is 0 Å². The van der Waals surface area contributed by atoms with E-state index in [4.69, 9.17) is 23.2 Å². The van der Waals surface area contributed by atoms with Gasteiger partial charge in [0.15, 0.2) is 0 Å². The van der Waals surface area contributed by atoms with Gasteiger partial charge in [-0.1, -0.05) is 44.0 Å². The lowest BCUT2D eigenvalue weighted by atomic mass is 9.87. The van der Waals surface area contributed by atoms with Crippen molar-refractivity contribution in [1.82, 2.24) is 0 Å². The van der Waals surface area contributed by atoms with Gasteiger partial charge in [0.1, 0.15) is 11.6 Å². The fraction of sp³-hybridized carbons (Fsp3) is 0.400. The Kier molecular flexibility index (Phi) is 3.07.